The van der Waals surface area contributed by atoms with Crippen molar-refractivity contribution in [1.29, 1.82) is 0 Å². The Morgan fingerprint density at radius 3 is 1.53 bits per heavy atom. The molecule has 0 aromatic carbocycles. The first-order chi connectivity index (χ1) is 6.70. The van der Waals surface area contributed by atoms with Crippen molar-refractivity contribution in [2.24, 2.45) is 0 Å². The molecule has 2 amide bonds. The molecule has 0 rings (SSSR count). The summed E-state index contributed by atoms with van der Waals surface area (Å²) >= 11 is 0. The summed E-state index contributed by atoms with van der Waals surface area (Å²) in [6.07, 6.45) is -1.01. The van der Waals surface area contributed by atoms with Crippen molar-refractivity contribution in [3.05, 3.63) is 0 Å². The monoisotopic (exact) mass is 220 g/mol. The van der Waals surface area contributed by atoms with Gasteiger partial charge in [0, 0.05) is 13.1 Å². The average Bonchev–Trinajstić information content (AvgIpc) is 2.13. The summed E-state index contributed by atoms with van der Waals surface area (Å²) in [5.74, 6) is 0. The molecule has 0 spiro atoms. The Kier molecular flexibility index (Phi) is 11.3. The van der Waals surface area contributed by atoms with Gasteiger partial charge in [-0.3, -0.25) is 0 Å². The molecule has 0 aliphatic carbocycles. The molecule has 0 heterocycles. The fraction of sp³-hybridized carbons (Fsp3) is 0.778. The van der Waals surface area contributed by atoms with Crippen LogP contribution in [0.1, 0.15) is 21.3 Å². The number of rotatable bonds is 5. The molecule has 2 N–H and O–H groups in total. The van der Waals surface area contributed by atoms with Gasteiger partial charge in [0.2, 0.25) is 0 Å². The highest BCUT2D eigenvalue weighted by Gasteiger charge is 2.01. The number of amides is 2. The third-order valence-corrected chi connectivity index (χ3v) is 1.19. The van der Waals surface area contributed by atoms with Crippen molar-refractivity contribution in [2.75, 3.05) is 26.3 Å². The number of carbonyl (C=O) groups excluding carboxylic acids is 2. The van der Waals surface area contributed by atoms with Gasteiger partial charge in [0.1, 0.15) is 13.2 Å². The van der Waals surface area contributed by atoms with Gasteiger partial charge in [0.15, 0.2) is 0 Å². The van der Waals surface area contributed by atoms with Crippen molar-refractivity contribution in [3.8, 4) is 0 Å². The maximum Gasteiger partial charge on any atom is 0.407 e. The molecule has 0 aromatic heterocycles. The summed E-state index contributed by atoms with van der Waals surface area (Å²) < 4.78 is 9.31. The summed E-state index contributed by atoms with van der Waals surface area (Å²) in [6, 6.07) is 0. The summed E-state index contributed by atoms with van der Waals surface area (Å²) in [6.45, 7) is 4.71. The van der Waals surface area contributed by atoms with E-state index in [0.717, 1.165) is 0 Å². The molecule has 0 unspecified atom stereocenters. The molecular formula is C9H20N2O4. The molecule has 0 aromatic rings. The van der Waals surface area contributed by atoms with E-state index in [0.29, 0.717) is 13.1 Å². The van der Waals surface area contributed by atoms with Crippen LogP contribution >= 0.6 is 0 Å². The predicted molar refractivity (Wildman–Crippen MR) is 56.8 cm³/mol. The van der Waals surface area contributed by atoms with Gasteiger partial charge in [-0.05, 0) is 13.8 Å². The van der Waals surface area contributed by atoms with Crippen LogP contribution in [0.25, 0.3) is 0 Å². The van der Waals surface area contributed by atoms with Crippen LogP contribution in [0.15, 0.2) is 0 Å². The van der Waals surface area contributed by atoms with Crippen LogP contribution < -0.4 is 10.6 Å². The Labute approximate surface area is 90.3 Å². The second kappa shape index (κ2) is 10.6. The maximum absolute atomic E-state index is 10.7. The lowest BCUT2D eigenvalue weighted by atomic mass is 10.7. The van der Waals surface area contributed by atoms with E-state index < -0.39 is 12.2 Å². The van der Waals surface area contributed by atoms with Crippen LogP contribution in [0, 0.1) is 0 Å². The second-order valence-corrected chi connectivity index (χ2v) is 2.33. The number of hydrogen-bond acceptors (Lipinski definition) is 4. The highest BCUT2D eigenvalue weighted by atomic mass is 16.6. The molecule has 6 heteroatoms. The summed E-state index contributed by atoms with van der Waals surface area (Å²) in [7, 11) is 0. The first-order valence-electron chi connectivity index (χ1n) is 4.52. The first-order valence-corrected chi connectivity index (χ1v) is 4.52. The number of carbonyl (C=O) groups is 2. The van der Waals surface area contributed by atoms with E-state index in [1.54, 1.807) is 13.8 Å². The molecular weight excluding hydrogens is 200 g/mol. The number of alkyl carbamates (subject to hydrolysis) is 2. The number of nitrogens with one attached hydrogen (secondary N) is 2. The van der Waals surface area contributed by atoms with E-state index in [-0.39, 0.29) is 20.6 Å². The lowest BCUT2D eigenvalue weighted by molar-refractivity contribution is 0.0962. The molecule has 6 nitrogen and oxygen atoms in total. The third-order valence-electron chi connectivity index (χ3n) is 1.19. The topological polar surface area (TPSA) is 76.7 Å². The number of hydrogen-bond donors (Lipinski definition) is 2. The Morgan fingerprint density at radius 2 is 1.27 bits per heavy atom. The average molecular weight is 220 g/mol. The van der Waals surface area contributed by atoms with Gasteiger partial charge in [0.05, 0.1) is 0 Å². The van der Waals surface area contributed by atoms with Crippen molar-refractivity contribution >= 4 is 12.2 Å². The van der Waals surface area contributed by atoms with Gasteiger partial charge in [-0.25, -0.2) is 9.59 Å². The van der Waals surface area contributed by atoms with Gasteiger partial charge >= 0.3 is 12.2 Å². The zero-order valence-corrected chi connectivity index (χ0v) is 8.46. The normalized spacial score (nSPS) is 8.40. The maximum atomic E-state index is 10.7. The largest absolute Gasteiger partial charge is 0.446 e. The minimum absolute atomic E-state index is 0. The van der Waals surface area contributed by atoms with E-state index in [1.807, 2.05) is 0 Å². The van der Waals surface area contributed by atoms with Crippen LogP contribution in [-0.4, -0.2) is 38.5 Å². The second-order valence-electron chi connectivity index (χ2n) is 2.33. The van der Waals surface area contributed by atoms with Crippen LogP contribution in [-0.2, 0) is 9.47 Å². The van der Waals surface area contributed by atoms with Crippen molar-refractivity contribution in [3.63, 3.8) is 0 Å². The van der Waals surface area contributed by atoms with Crippen LogP contribution in [0.3, 0.4) is 0 Å². The zero-order chi connectivity index (χ0) is 10.8. The molecule has 0 aliphatic rings. The highest BCUT2D eigenvalue weighted by molar-refractivity contribution is 5.67. The molecule has 0 radical (unpaired) electrons. The molecule has 90 valence electrons. The lowest BCUT2D eigenvalue weighted by Gasteiger charge is -2.06. The molecule has 0 atom stereocenters. The summed E-state index contributed by atoms with van der Waals surface area (Å²) in [5.41, 5.74) is 0. The van der Waals surface area contributed by atoms with E-state index in [9.17, 15) is 9.59 Å². The Balaban J connectivity index is 0. The molecule has 0 saturated carbocycles. The molecule has 0 fully saturated rings. The van der Waals surface area contributed by atoms with Crippen molar-refractivity contribution in [2.45, 2.75) is 21.3 Å². The first kappa shape index (κ1) is 16.0. The van der Waals surface area contributed by atoms with E-state index >= 15 is 0 Å². The Morgan fingerprint density at radius 1 is 0.933 bits per heavy atom. The predicted octanol–water partition coefficient (Wildman–Crippen LogP) is 1.11. The fourth-order valence-corrected chi connectivity index (χ4v) is 0.659. The van der Waals surface area contributed by atoms with Gasteiger partial charge in [-0.1, -0.05) is 7.43 Å². The fourth-order valence-electron chi connectivity index (χ4n) is 0.659. The minimum atomic E-state index is -0.507. The molecule has 15 heavy (non-hydrogen) atoms. The van der Waals surface area contributed by atoms with Gasteiger partial charge in [-0.15, -0.1) is 0 Å². The van der Waals surface area contributed by atoms with Crippen molar-refractivity contribution in [1.82, 2.24) is 10.6 Å². The van der Waals surface area contributed by atoms with E-state index in [2.05, 4.69) is 20.1 Å². The van der Waals surface area contributed by atoms with E-state index in [1.165, 1.54) is 0 Å². The molecule has 0 aliphatic heterocycles. The minimum Gasteiger partial charge on any atom is -0.446 e. The number of ether oxygens (including phenoxy) is 2. The highest BCUT2D eigenvalue weighted by Crippen LogP contribution is 1.81. The van der Waals surface area contributed by atoms with Crippen LogP contribution in [0.5, 0.6) is 0 Å². The summed E-state index contributed by atoms with van der Waals surface area (Å²) in [5, 5.41) is 4.88. The Hall–Kier alpha value is -1.46. The van der Waals surface area contributed by atoms with Gasteiger partial charge in [0.25, 0.3) is 0 Å². The quantitative estimate of drug-likeness (QED) is 0.680. The van der Waals surface area contributed by atoms with E-state index in [4.69, 9.17) is 0 Å². The van der Waals surface area contributed by atoms with Gasteiger partial charge < -0.3 is 20.1 Å². The van der Waals surface area contributed by atoms with Crippen LogP contribution in [0.2, 0.25) is 0 Å². The SMILES string of the molecule is C.CCNC(=O)OCCOC(=O)NCC. The van der Waals surface area contributed by atoms with Crippen LogP contribution in [0.4, 0.5) is 9.59 Å². The van der Waals surface area contributed by atoms with Crippen molar-refractivity contribution < 1.29 is 19.1 Å². The standard InChI is InChI=1S/C8H16N2O4.CH4/c1-3-9-7(11)13-5-6-14-8(12)10-4-2;/h3-6H2,1-2H3,(H,9,11)(H,10,12);1H4. The lowest BCUT2D eigenvalue weighted by Crippen LogP contribution is -2.28. The molecule has 0 saturated heterocycles. The molecule has 0 bridgehead atoms. The summed E-state index contributed by atoms with van der Waals surface area (Å²) in [4.78, 5) is 21.4. The zero-order valence-electron chi connectivity index (χ0n) is 8.46. The Bertz CT molecular complexity index is 165. The smallest absolute Gasteiger partial charge is 0.407 e. The van der Waals surface area contributed by atoms with Gasteiger partial charge in [-0.2, -0.15) is 0 Å². The third kappa shape index (κ3) is 10.5.